The fourth-order valence-corrected chi connectivity index (χ4v) is 2.62. The summed E-state index contributed by atoms with van der Waals surface area (Å²) < 4.78 is 10.9. The Morgan fingerprint density at radius 2 is 2.30 bits per heavy atom. The van der Waals surface area contributed by atoms with Crippen LogP contribution in [0.2, 0.25) is 0 Å². The van der Waals surface area contributed by atoms with E-state index in [0.717, 1.165) is 56.0 Å². The van der Waals surface area contributed by atoms with Crippen molar-refractivity contribution in [1.29, 1.82) is 0 Å². The summed E-state index contributed by atoms with van der Waals surface area (Å²) in [6, 6.07) is 5.78. The molecule has 1 saturated heterocycles. The van der Waals surface area contributed by atoms with Crippen molar-refractivity contribution in [2.24, 2.45) is 0 Å². The third kappa shape index (κ3) is 3.29. The van der Waals surface area contributed by atoms with Crippen LogP contribution in [0.3, 0.4) is 0 Å². The molecule has 0 unspecified atom stereocenters. The van der Waals surface area contributed by atoms with Crippen LogP contribution in [0, 0.1) is 0 Å². The highest BCUT2D eigenvalue weighted by Gasteiger charge is 2.16. The molecule has 2 aliphatic heterocycles. The van der Waals surface area contributed by atoms with Crippen LogP contribution in [0.15, 0.2) is 18.2 Å². The van der Waals surface area contributed by atoms with Crippen molar-refractivity contribution in [3.63, 3.8) is 0 Å². The van der Waals surface area contributed by atoms with Crippen molar-refractivity contribution in [3.05, 3.63) is 23.8 Å². The molecule has 2 N–H and O–H groups in total. The summed E-state index contributed by atoms with van der Waals surface area (Å²) >= 11 is 0. The van der Waals surface area contributed by atoms with Gasteiger partial charge in [-0.25, -0.2) is 0 Å². The van der Waals surface area contributed by atoms with Crippen molar-refractivity contribution < 1.29 is 14.3 Å². The smallest absolute Gasteiger partial charge is 0.238 e. The van der Waals surface area contributed by atoms with E-state index in [0.29, 0.717) is 6.54 Å². The van der Waals surface area contributed by atoms with E-state index >= 15 is 0 Å². The van der Waals surface area contributed by atoms with Gasteiger partial charge in [-0.05, 0) is 36.6 Å². The molecule has 0 spiro atoms. The van der Waals surface area contributed by atoms with Crippen LogP contribution in [-0.2, 0) is 16.0 Å². The molecule has 2 aliphatic rings. The topological polar surface area (TPSA) is 59.6 Å². The maximum absolute atomic E-state index is 11.8. The van der Waals surface area contributed by atoms with Gasteiger partial charge in [0.1, 0.15) is 5.75 Å². The summed E-state index contributed by atoms with van der Waals surface area (Å²) in [7, 11) is 0. The van der Waals surface area contributed by atoms with Gasteiger partial charge in [-0.3, -0.25) is 4.79 Å². The fourth-order valence-electron chi connectivity index (χ4n) is 2.62. The molecular weight excluding hydrogens is 256 g/mol. The fraction of sp³-hybridized carbons (Fsp3) is 0.533. The Labute approximate surface area is 118 Å². The maximum Gasteiger partial charge on any atom is 0.238 e. The molecular formula is C15H20N2O3. The molecule has 1 aromatic carbocycles. The van der Waals surface area contributed by atoms with Crippen molar-refractivity contribution in [2.45, 2.75) is 25.4 Å². The van der Waals surface area contributed by atoms with Crippen LogP contribution in [0.5, 0.6) is 5.75 Å². The molecule has 20 heavy (non-hydrogen) atoms. The summed E-state index contributed by atoms with van der Waals surface area (Å²) in [5, 5.41) is 6.04. The Balaban J connectivity index is 1.44. The molecule has 0 saturated carbocycles. The summed E-state index contributed by atoms with van der Waals surface area (Å²) in [6.45, 7) is 2.63. The van der Waals surface area contributed by atoms with Gasteiger partial charge in [0.15, 0.2) is 0 Å². The Bertz CT molecular complexity index is 484. The van der Waals surface area contributed by atoms with Gasteiger partial charge in [-0.2, -0.15) is 0 Å². The van der Waals surface area contributed by atoms with Gasteiger partial charge < -0.3 is 20.1 Å². The van der Waals surface area contributed by atoms with E-state index in [-0.39, 0.29) is 12.0 Å². The standard InChI is InChI=1S/C15H20N2O3/c18-15(10-16-9-13-2-1-6-19-13)17-12-3-4-14-11(8-12)5-7-20-14/h3-4,8,13,16H,1-2,5-7,9-10H2,(H,17,18)/t13-/m0/s1. The predicted molar refractivity (Wildman–Crippen MR) is 76.1 cm³/mol. The minimum absolute atomic E-state index is 0.0261. The minimum atomic E-state index is -0.0261. The lowest BCUT2D eigenvalue weighted by Gasteiger charge is -2.11. The summed E-state index contributed by atoms with van der Waals surface area (Å²) in [4.78, 5) is 11.8. The van der Waals surface area contributed by atoms with Crippen molar-refractivity contribution in [2.75, 3.05) is 31.6 Å². The molecule has 0 aromatic heterocycles. The second-order valence-electron chi connectivity index (χ2n) is 5.24. The van der Waals surface area contributed by atoms with Crippen LogP contribution in [-0.4, -0.2) is 38.3 Å². The lowest BCUT2D eigenvalue weighted by Crippen LogP contribution is -2.33. The van der Waals surface area contributed by atoms with Gasteiger partial charge in [0.2, 0.25) is 5.91 Å². The third-order valence-electron chi connectivity index (χ3n) is 3.65. The highest BCUT2D eigenvalue weighted by Crippen LogP contribution is 2.27. The first-order valence-corrected chi connectivity index (χ1v) is 7.19. The number of benzene rings is 1. The van der Waals surface area contributed by atoms with Gasteiger partial charge in [0, 0.05) is 25.3 Å². The summed E-state index contributed by atoms with van der Waals surface area (Å²) in [5.41, 5.74) is 1.99. The predicted octanol–water partition coefficient (Wildman–Crippen LogP) is 1.33. The Hall–Kier alpha value is -1.59. The first kappa shape index (κ1) is 13.4. The molecule has 0 radical (unpaired) electrons. The van der Waals surface area contributed by atoms with Crippen LogP contribution >= 0.6 is 0 Å². The summed E-state index contributed by atoms with van der Waals surface area (Å²) in [6.07, 6.45) is 3.38. The van der Waals surface area contributed by atoms with E-state index in [4.69, 9.17) is 9.47 Å². The second-order valence-corrected chi connectivity index (χ2v) is 5.24. The van der Waals surface area contributed by atoms with Gasteiger partial charge in [0.05, 0.1) is 19.3 Å². The lowest BCUT2D eigenvalue weighted by molar-refractivity contribution is -0.115. The molecule has 1 fully saturated rings. The largest absolute Gasteiger partial charge is 0.493 e. The highest BCUT2D eigenvalue weighted by molar-refractivity contribution is 5.92. The van der Waals surface area contributed by atoms with Crippen molar-refractivity contribution in [1.82, 2.24) is 5.32 Å². The lowest BCUT2D eigenvalue weighted by atomic mass is 10.1. The maximum atomic E-state index is 11.8. The first-order chi connectivity index (χ1) is 9.81. The number of hydrogen-bond acceptors (Lipinski definition) is 4. The number of amides is 1. The molecule has 1 aromatic rings. The number of ether oxygens (including phenoxy) is 2. The van der Waals surface area contributed by atoms with Crippen molar-refractivity contribution in [3.8, 4) is 5.75 Å². The number of carbonyl (C=O) groups is 1. The van der Waals surface area contributed by atoms with Crippen LogP contribution in [0.4, 0.5) is 5.69 Å². The molecule has 3 rings (SSSR count). The van der Waals surface area contributed by atoms with E-state index in [2.05, 4.69) is 10.6 Å². The zero-order valence-corrected chi connectivity index (χ0v) is 11.5. The molecule has 0 bridgehead atoms. The molecule has 2 heterocycles. The average Bonchev–Trinajstić information content (AvgIpc) is 3.08. The SMILES string of the molecule is O=C(CNC[C@@H]1CCCO1)Nc1ccc2c(c1)CCO2. The molecule has 108 valence electrons. The summed E-state index contributed by atoms with van der Waals surface area (Å²) in [5.74, 6) is 0.904. The highest BCUT2D eigenvalue weighted by atomic mass is 16.5. The number of nitrogens with one attached hydrogen (secondary N) is 2. The number of anilines is 1. The van der Waals surface area contributed by atoms with E-state index in [1.54, 1.807) is 0 Å². The van der Waals surface area contributed by atoms with Gasteiger partial charge in [-0.15, -0.1) is 0 Å². The first-order valence-electron chi connectivity index (χ1n) is 7.19. The van der Waals surface area contributed by atoms with Crippen LogP contribution < -0.4 is 15.4 Å². The zero-order chi connectivity index (χ0) is 13.8. The van der Waals surface area contributed by atoms with Gasteiger partial charge >= 0.3 is 0 Å². The normalized spacial score (nSPS) is 20.5. The minimum Gasteiger partial charge on any atom is -0.493 e. The quantitative estimate of drug-likeness (QED) is 0.852. The van der Waals surface area contributed by atoms with E-state index in [1.165, 1.54) is 0 Å². The van der Waals surface area contributed by atoms with Gasteiger partial charge in [-0.1, -0.05) is 0 Å². The van der Waals surface area contributed by atoms with Crippen LogP contribution in [0.1, 0.15) is 18.4 Å². The Morgan fingerprint density at radius 3 is 3.15 bits per heavy atom. The zero-order valence-electron chi connectivity index (χ0n) is 11.5. The number of carbonyl (C=O) groups excluding carboxylic acids is 1. The average molecular weight is 276 g/mol. The third-order valence-corrected chi connectivity index (χ3v) is 3.65. The van der Waals surface area contributed by atoms with E-state index in [1.807, 2.05) is 18.2 Å². The molecule has 1 amide bonds. The number of hydrogen-bond donors (Lipinski definition) is 2. The van der Waals surface area contributed by atoms with Crippen LogP contribution in [0.25, 0.3) is 0 Å². The molecule has 0 aliphatic carbocycles. The van der Waals surface area contributed by atoms with Gasteiger partial charge in [0.25, 0.3) is 0 Å². The van der Waals surface area contributed by atoms with Crippen molar-refractivity contribution >= 4 is 11.6 Å². The Kier molecular flexibility index (Phi) is 4.18. The second kappa shape index (κ2) is 6.24. The molecule has 5 heteroatoms. The monoisotopic (exact) mass is 276 g/mol. The molecule has 5 nitrogen and oxygen atoms in total. The number of rotatable bonds is 5. The molecule has 1 atom stereocenters. The Morgan fingerprint density at radius 1 is 1.35 bits per heavy atom. The number of fused-ring (bicyclic) bond motifs is 1. The van der Waals surface area contributed by atoms with E-state index in [9.17, 15) is 4.79 Å². The van der Waals surface area contributed by atoms with E-state index < -0.39 is 0 Å².